The number of aromatic nitrogens is 2. The van der Waals surface area contributed by atoms with Crippen molar-refractivity contribution in [2.75, 3.05) is 68.1 Å². The Kier molecular flexibility index (Phi) is 17.2. The number of benzene rings is 2. The van der Waals surface area contributed by atoms with Crippen molar-refractivity contribution in [3.05, 3.63) is 101 Å². The van der Waals surface area contributed by atoms with Crippen LogP contribution in [0.5, 0.6) is 5.88 Å². The normalized spacial score (nSPS) is 17.5. The minimum absolute atomic E-state index is 0.0116. The highest BCUT2D eigenvalue weighted by Gasteiger charge is 2.41. The Balaban J connectivity index is 0.000000442. The quantitative estimate of drug-likeness (QED) is 0.163. The van der Waals surface area contributed by atoms with Crippen molar-refractivity contribution in [1.29, 1.82) is 0 Å². The summed E-state index contributed by atoms with van der Waals surface area (Å²) in [6, 6.07) is 20.8. The number of anilines is 4. The van der Waals surface area contributed by atoms with Gasteiger partial charge >= 0.3 is 0 Å². The van der Waals surface area contributed by atoms with Gasteiger partial charge in [-0.1, -0.05) is 49.4 Å². The fourth-order valence-electron chi connectivity index (χ4n) is 8.18. The molecule has 8 rings (SSSR count). The summed E-state index contributed by atoms with van der Waals surface area (Å²) in [4.78, 5) is 45.8. The summed E-state index contributed by atoms with van der Waals surface area (Å²) in [5, 5.41) is 20.8. The van der Waals surface area contributed by atoms with Gasteiger partial charge in [-0.15, -0.1) is 0 Å². The fraction of sp³-hybridized carbons (Fsp3) is 0.457. The van der Waals surface area contributed by atoms with Crippen molar-refractivity contribution in [3.8, 4) is 5.88 Å². The summed E-state index contributed by atoms with van der Waals surface area (Å²) in [6.07, 6.45) is 8.82. The second-order valence-corrected chi connectivity index (χ2v) is 16.0. The summed E-state index contributed by atoms with van der Waals surface area (Å²) >= 11 is 0. The molecule has 4 aromatic rings. The van der Waals surface area contributed by atoms with Crippen LogP contribution in [0.2, 0.25) is 0 Å². The Morgan fingerprint density at radius 2 is 1.69 bits per heavy atom. The third kappa shape index (κ3) is 12.0. The number of likely N-dealkylation sites (tertiary alicyclic amines) is 1. The van der Waals surface area contributed by atoms with Gasteiger partial charge in [0.1, 0.15) is 24.9 Å². The number of carbonyl (C=O) groups excluding carboxylic acids is 2. The van der Waals surface area contributed by atoms with Crippen LogP contribution < -0.4 is 25.2 Å². The zero-order chi connectivity index (χ0) is 43.0. The molecule has 2 fully saturated rings. The molecule has 4 aliphatic heterocycles. The van der Waals surface area contributed by atoms with Crippen LogP contribution in [-0.4, -0.2) is 103 Å². The molecule has 1 atom stereocenters. The molecule has 2 aromatic carbocycles. The monoisotopic (exact) mass is 809 g/mol. The van der Waals surface area contributed by atoms with Crippen molar-refractivity contribution in [1.82, 2.24) is 20.2 Å². The zero-order valence-corrected chi connectivity index (χ0v) is 35.7. The topological polar surface area (TPSA) is 160 Å². The van der Waals surface area contributed by atoms with E-state index in [0.29, 0.717) is 18.4 Å². The molecule has 1 spiro atoms. The minimum Gasteiger partial charge on any atom is -0.483 e. The number of pyridine rings is 2. The number of fused-ring (bicyclic) bond motifs is 2. The van der Waals surface area contributed by atoms with E-state index < -0.39 is 0 Å². The number of carboxylic acid groups (broad SMARTS) is 1. The van der Waals surface area contributed by atoms with E-state index in [1.54, 1.807) is 0 Å². The predicted octanol–water partition coefficient (Wildman–Crippen LogP) is 6.22. The first-order chi connectivity index (χ1) is 28.5. The van der Waals surface area contributed by atoms with Crippen LogP contribution in [-0.2, 0) is 40.2 Å². The van der Waals surface area contributed by atoms with Crippen LogP contribution in [0, 0.1) is 12.3 Å². The number of nitrogens with one attached hydrogen (secondary N) is 2. The van der Waals surface area contributed by atoms with Gasteiger partial charge in [0, 0.05) is 68.2 Å². The van der Waals surface area contributed by atoms with E-state index in [9.17, 15) is 4.79 Å². The molecular weight excluding hydrogens is 747 g/mol. The predicted molar refractivity (Wildman–Crippen MR) is 235 cm³/mol. The van der Waals surface area contributed by atoms with Gasteiger partial charge in [0.15, 0.2) is 0 Å². The molecule has 2 saturated heterocycles. The van der Waals surface area contributed by atoms with Crippen LogP contribution in [0.1, 0.15) is 68.4 Å². The lowest BCUT2D eigenvalue weighted by atomic mass is 9.86. The summed E-state index contributed by atoms with van der Waals surface area (Å²) in [7, 11) is 1.00. The van der Waals surface area contributed by atoms with Crippen molar-refractivity contribution in [2.24, 2.45) is 5.41 Å². The van der Waals surface area contributed by atoms with Gasteiger partial charge in [-0.2, -0.15) is 0 Å². The fourth-order valence-corrected chi connectivity index (χ4v) is 8.18. The first-order valence-electron chi connectivity index (χ1n) is 20.3. The number of rotatable bonds is 6. The van der Waals surface area contributed by atoms with Crippen LogP contribution in [0.25, 0.3) is 0 Å². The lowest BCUT2D eigenvalue weighted by molar-refractivity contribution is -0.129. The Labute approximate surface area is 349 Å². The van der Waals surface area contributed by atoms with Gasteiger partial charge in [0.2, 0.25) is 11.8 Å². The molecule has 0 aliphatic carbocycles. The first kappa shape index (κ1) is 46.2. The number of aryl methyl sites for hydroxylation is 1. The first-order valence-corrected chi connectivity index (χ1v) is 20.3. The number of carbonyl (C=O) groups is 3. The molecule has 0 saturated carbocycles. The second kappa shape index (κ2) is 22.0. The van der Waals surface area contributed by atoms with Crippen LogP contribution in [0.4, 0.5) is 22.9 Å². The number of ether oxygens (including phenoxy) is 1. The highest BCUT2D eigenvalue weighted by atomic mass is 16.5. The van der Waals surface area contributed by atoms with Gasteiger partial charge in [-0.25, -0.2) is 9.97 Å². The Morgan fingerprint density at radius 3 is 2.32 bits per heavy atom. The highest BCUT2D eigenvalue weighted by Crippen LogP contribution is 2.42. The molecule has 0 radical (unpaired) electrons. The summed E-state index contributed by atoms with van der Waals surface area (Å²) in [6.45, 7) is 20.0. The molecule has 4 aliphatic rings. The Morgan fingerprint density at radius 1 is 0.983 bits per heavy atom. The van der Waals surface area contributed by atoms with Gasteiger partial charge in [0.25, 0.3) is 6.47 Å². The second-order valence-electron chi connectivity index (χ2n) is 16.0. The van der Waals surface area contributed by atoms with E-state index in [1.165, 1.54) is 28.7 Å². The largest absolute Gasteiger partial charge is 0.483 e. The minimum atomic E-state index is -0.250. The van der Waals surface area contributed by atoms with Crippen molar-refractivity contribution in [2.45, 2.75) is 78.8 Å². The third-order valence-corrected chi connectivity index (χ3v) is 11.3. The Bertz CT molecular complexity index is 1930. The molecule has 1 amide bonds. The van der Waals surface area contributed by atoms with Gasteiger partial charge < -0.3 is 45.1 Å². The molecule has 2 aromatic heterocycles. The van der Waals surface area contributed by atoms with Gasteiger partial charge in [0.05, 0.1) is 24.8 Å². The molecule has 4 N–H and O–H groups in total. The highest BCUT2D eigenvalue weighted by molar-refractivity contribution is 5.79. The van der Waals surface area contributed by atoms with E-state index in [4.69, 9.17) is 34.5 Å². The number of amides is 1. The number of aliphatic hydroxyl groups excluding tert-OH is 1. The maximum atomic E-state index is 13.0. The summed E-state index contributed by atoms with van der Waals surface area (Å²) in [5.74, 6) is 1.80. The number of hydrogen-bond acceptors (Lipinski definition) is 11. The maximum absolute atomic E-state index is 13.0. The maximum Gasteiger partial charge on any atom is 0.290 e. The molecular formula is C46H63N7O6. The van der Waals surface area contributed by atoms with Crippen molar-refractivity contribution < 1.29 is 29.3 Å². The molecule has 13 nitrogen and oxygen atoms in total. The smallest absolute Gasteiger partial charge is 0.290 e. The van der Waals surface area contributed by atoms with E-state index in [1.807, 2.05) is 37.4 Å². The van der Waals surface area contributed by atoms with Crippen molar-refractivity contribution >= 4 is 42.0 Å². The molecule has 1 unspecified atom stereocenters. The van der Waals surface area contributed by atoms with Crippen LogP contribution >= 0.6 is 0 Å². The van der Waals surface area contributed by atoms with Gasteiger partial charge in [-0.05, 0) is 100 Å². The Hall–Kier alpha value is -5.53. The average molecular weight is 810 g/mol. The lowest BCUT2D eigenvalue weighted by Crippen LogP contribution is -2.47. The standard InChI is InChI=1S/C35H45N7O2.C8H10.CH2O2.CH4O.CH2O/c1-24-29(20-38-33-32(24)42(15-16-44-33)34(2,3)4)40-13-9-26-19-37-30(18-27(26)21-40)39-28-7-5-25(6-8-28)17-31(43)41-14-11-35(23-41)10-12-36-22-35;1-2-8-6-4-3-5-7-8;2-1-3;2*1-2/h5-8,18-20,36H,9-17,21-23H2,1-4H3,(H,37,39);3-7H,2H2,1H3;1H,(H,2,3);2H,1H3;1H2. The third-order valence-electron chi connectivity index (χ3n) is 11.3. The van der Waals surface area contributed by atoms with Crippen LogP contribution in [0.3, 0.4) is 0 Å². The SMILES string of the molecule is C=O.CCc1ccccc1.CO.Cc1c(N2CCc3cnc(Nc4ccc(CC(=O)N5CCC6(CCNC6)C5)cc4)cc3C2)cnc2c1N(C(C)(C)C)CCO2.O=CO. The average Bonchev–Trinajstić information content (AvgIpc) is 3.92. The molecule has 59 heavy (non-hydrogen) atoms. The zero-order valence-electron chi connectivity index (χ0n) is 35.7. The van der Waals surface area contributed by atoms with Crippen molar-refractivity contribution in [3.63, 3.8) is 0 Å². The van der Waals surface area contributed by atoms with E-state index >= 15 is 0 Å². The van der Waals surface area contributed by atoms with E-state index in [-0.39, 0.29) is 17.9 Å². The molecule has 13 heteroatoms. The van der Waals surface area contributed by atoms with E-state index in [2.05, 4.69) is 102 Å². The summed E-state index contributed by atoms with van der Waals surface area (Å²) in [5.41, 5.74) is 9.79. The number of aliphatic hydroxyl groups is 1. The van der Waals surface area contributed by atoms with E-state index in [0.717, 1.165) is 107 Å². The van der Waals surface area contributed by atoms with Gasteiger partial charge in [-0.3, -0.25) is 9.59 Å². The summed E-state index contributed by atoms with van der Waals surface area (Å²) < 4.78 is 5.96. The van der Waals surface area contributed by atoms with Crippen LogP contribution in [0.15, 0.2) is 73.1 Å². The molecule has 0 bridgehead atoms. The lowest BCUT2D eigenvalue weighted by Gasteiger charge is -2.42. The number of nitrogens with zero attached hydrogens (tertiary/aromatic N) is 5. The molecule has 318 valence electrons. The molecule has 6 heterocycles. The number of hydrogen-bond donors (Lipinski definition) is 4.